The molecule has 4 rings (SSSR count). The molecule has 2 heterocycles. The summed E-state index contributed by atoms with van der Waals surface area (Å²) in [7, 11) is 1.60. The third-order valence-electron chi connectivity index (χ3n) is 4.69. The first kappa shape index (κ1) is 17.0. The second-order valence-electron chi connectivity index (χ2n) is 6.39. The van der Waals surface area contributed by atoms with Gasteiger partial charge < -0.3 is 9.15 Å². The van der Waals surface area contributed by atoms with Gasteiger partial charge >= 0.3 is 5.63 Å². The van der Waals surface area contributed by atoms with Crippen LogP contribution in [0.2, 0.25) is 0 Å². The van der Waals surface area contributed by atoms with Crippen molar-refractivity contribution in [1.29, 1.82) is 0 Å². The molecule has 0 spiro atoms. The number of methoxy groups -OCH3 is 1. The zero-order valence-electron chi connectivity index (χ0n) is 15.0. The normalized spacial score (nSPS) is 16.4. The van der Waals surface area contributed by atoms with E-state index in [9.17, 15) is 9.59 Å². The van der Waals surface area contributed by atoms with Gasteiger partial charge in [-0.05, 0) is 29.8 Å². The topological polar surface area (TPSA) is 72.1 Å². The van der Waals surface area contributed by atoms with Gasteiger partial charge in [-0.25, -0.2) is 9.80 Å². The van der Waals surface area contributed by atoms with E-state index in [4.69, 9.17) is 9.15 Å². The van der Waals surface area contributed by atoms with Crippen molar-refractivity contribution in [1.82, 2.24) is 5.01 Å². The van der Waals surface area contributed by atoms with Crippen LogP contribution >= 0.6 is 0 Å². The highest BCUT2D eigenvalue weighted by molar-refractivity contribution is 6.04. The molecule has 1 aromatic heterocycles. The molecule has 0 N–H and O–H groups in total. The molecule has 0 unspecified atom stereocenters. The van der Waals surface area contributed by atoms with Crippen LogP contribution in [0.15, 0.2) is 68.9 Å². The highest BCUT2D eigenvalue weighted by Gasteiger charge is 2.32. The van der Waals surface area contributed by atoms with E-state index in [0.717, 1.165) is 16.7 Å². The lowest BCUT2D eigenvalue weighted by Crippen LogP contribution is -2.24. The summed E-state index contributed by atoms with van der Waals surface area (Å²) in [6, 6.07) is 16.3. The van der Waals surface area contributed by atoms with Gasteiger partial charge in [0, 0.05) is 18.7 Å². The van der Waals surface area contributed by atoms with E-state index in [-0.39, 0.29) is 11.9 Å². The highest BCUT2D eigenvalue weighted by atomic mass is 16.5. The van der Waals surface area contributed by atoms with E-state index < -0.39 is 5.63 Å². The molecule has 1 aliphatic heterocycles. The minimum atomic E-state index is -0.452. The summed E-state index contributed by atoms with van der Waals surface area (Å²) in [5, 5.41) is 6.67. The van der Waals surface area contributed by atoms with Crippen LogP contribution in [0.4, 0.5) is 0 Å². The summed E-state index contributed by atoms with van der Waals surface area (Å²) in [5.41, 5.74) is 1.93. The summed E-state index contributed by atoms with van der Waals surface area (Å²) in [6.45, 7) is 1.46. The molecular formula is C21H18N2O4. The monoisotopic (exact) mass is 362 g/mol. The fraction of sp³-hybridized carbons (Fsp3) is 0.190. The number of benzene rings is 2. The number of fused-ring (bicyclic) bond motifs is 1. The van der Waals surface area contributed by atoms with Crippen molar-refractivity contribution in [3.8, 4) is 5.75 Å². The van der Waals surface area contributed by atoms with E-state index >= 15 is 0 Å². The summed E-state index contributed by atoms with van der Waals surface area (Å²) in [6.07, 6.45) is 0.439. The largest absolute Gasteiger partial charge is 0.497 e. The van der Waals surface area contributed by atoms with Gasteiger partial charge in [-0.15, -0.1) is 0 Å². The van der Waals surface area contributed by atoms with Crippen molar-refractivity contribution >= 4 is 22.6 Å². The van der Waals surface area contributed by atoms with Crippen molar-refractivity contribution in [2.24, 2.45) is 5.10 Å². The van der Waals surface area contributed by atoms with Gasteiger partial charge in [0.2, 0.25) is 5.91 Å². The number of hydrogen-bond acceptors (Lipinski definition) is 5. The molecule has 6 heteroatoms. The fourth-order valence-corrected chi connectivity index (χ4v) is 3.31. The molecule has 136 valence electrons. The lowest BCUT2D eigenvalue weighted by atomic mass is 9.98. The quantitative estimate of drug-likeness (QED) is 0.669. The smallest absolute Gasteiger partial charge is 0.345 e. The molecule has 1 amide bonds. The summed E-state index contributed by atoms with van der Waals surface area (Å²) < 4.78 is 10.6. The third-order valence-corrected chi connectivity index (χ3v) is 4.69. The molecule has 0 aliphatic carbocycles. The van der Waals surface area contributed by atoms with Crippen LogP contribution in [0.1, 0.15) is 30.5 Å². The molecule has 0 fully saturated rings. The zero-order chi connectivity index (χ0) is 19.0. The van der Waals surface area contributed by atoms with Crippen molar-refractivity contribution in [2.45, 2.75) is 19.4 Å². The Labute approximate surface area is 155 Å². The molecule has 0 radical (unpaired) electrons. The van der Waals surface area contributed by atoms with Crippen molar-refractivity contribution in [3.05, 3.63) is 76.1 Å². The van der Waals surface area contributed by atoms with Crippen molar-refractivity contribution in [3.63, 3.8) is 0 Å². The Balaban J connectivity index is 1.74. The molecule has 0 saturated heterocycles. The SMILES string of the molecule is COc1ccc([C@@H]2CC(c3cc4ccccc4oc3=O)=NN2C(C)=O)cc1. The van der Waals surface area contributed by atoms with E-state index in [1.165, 1.54) is 11.9 Å². The predicted octanol–water partition coefficient (Wildman–Crippen LogP) is 3.50. The lowest BCUT2D eigenvalue weighted by molar-refractivity contribution is -0.130. The van der Waals surface area contributed by atoms with Crippen LogP contribution in [0.25, 0.3) is 11.0 Å². The van der Waals surface area contributed by atoms with Gasteiger partial charge in [-0.2, -0.15) is 5.10 Å². The van der Waals surface area contributed by atoms with Crippen LogP contribution < -0.4 is 10.4 Å². The van der Waals surface area contributed by atoms with Gasteiger partial charge in [-0.1, -0.05) is 30.3 Å². The number of amides is 1. The van der Waals surface area contributed by atoms with Gasteiger partial charge in [0.05, 0.1) is 24.4 Å². The van der Waals surface area contributed by atoms with Gasteiger partial charge in [0.25, 0.3) is 0 Å². The number of nitrogens with zero attached hydrogens (tertiary/aromatic N) is 2. The van der Waals surface area contributed by atoms with E-state index in [1.54, 1.807) is 19.2 Å². The van der Waals surface area contributed by atoms with E-state index in [0.29, 0.717) is 23.3 Å². The second kappa shape index (κ2) is 6.72. The first-order valence-electron chi connectivity index (χ1n) is 8.61. The minimum Gasteiger partial charge on any atom is -0.497 e. The molecule has 1 aliphatic rings. The maximum atomic E-state index is 12.5. The summed E-state index contributed by atoms with van der Waals surface area (Å²) in [5.74, 6) is 0.554. The Morgan fingerprint density at radius 3 is 2.63 bits per heavy atom. The molecule has 0 saturated carbocycles. The molecule has 3 aromatic rings. The Bertz CT molecular complexity index is 1100. The van der Waals surface area contributed by atoms with Gasteiger partial charge in [-0.3, -0.25) is 4.79 Å². The average Bonchev–Trinajstić information content (AvgIpc) is 3.13. The standard InChI is InChI=1S/C21H18N2O4/c1-13(24)23-19(14-7-9-16(26-2)10-8-14)12-18(22-23)17-11-15-5-3-4-6-20(15)27-21(17)25/h3-11,19H,12H2,1-2H3/t19-/m0/s1. The second-order valence-corrected chi connectivity index (χ2v) is 6.39. The number of rotatable bonds is 3. The highest BCUT2D eigenvalue weighted by Crippen LogP contribution is 2.33. The summed E-state index contributed by atoms with van der Waals surface area (Å²) in [4.78, 5) is 24.6. The Morgan fingerprint density at radius 2 is 1.93 bits per heavy atom. The average molecular weight is 362 g/mol. The Kier molecular flexibility index (Phi) is 4.24. The first-order valence-corrected chi connectivity index (χ1v) is 8.61. The molecule has 27 heavy (non-hydrogen) atoms. The van der Waals surface area contributed by atoms with Crippen LogP contribution in [-0.4, -0.2) is 23.7 Å². The first-order chi connectivity index (χ1) is 13.1. The minimum absolute atomic E-state index is 0.184. The zero-order valence-corrected chi connectivity index (χ0v) is 15.0. The van der Waals surface area contributed by atoms with Crippen LogP contribution in [0.3, 0.4) is 0 Å². The number of ether oxygens (including phenoxy) is 1. The number of carbonyl (C=O) groups is 1. The Morgan fingerprint density at radius 1 is 1.19 bits per heavy atom. The predicted molar refractivity (Wildman–Crippen MR) is 102 cm³/mol. The van der Waals surface area contributed by atoms with Crippen molar-refractivity contribution in [2.75, 3.05) is 7.11 Å². The van der Waals surface area contributed by atoms with Gasteiger partial charge in [0.1, 0.15) is 11.3 Å². The van der Waals surface area contributed by atoms with E-state index in [2.05, 4.69) is 5.10 Å². The molecule has 6 nitrogen and oxygen atoms in total. The molecular weight excluding hydrogens is 344 g/mol. The third kappa shape index (κ3) is 3.10. The van der Waals surface area contributed by atoms with Gasteiger partial charge in [0.15, 0.2) is 0 Å². The van der Waals surface area contributed by atoms with Crippen LogP contribution in [0.5, 0.6) is 5.75 Å². The maximum absolute atomic E-state index is 12.5. The number of carbonyl (C=O) groups excluding carboxylic acids is 1. The fourth-order valence-electron chi connectivity index (χ4n) is 3.31. The number of para-hydroxylation sites is 1. The number of hydrazone groups is 1. The van der Waals surface area contributed by atoms with Crippen LogP contribution in [0, 0.1) is 0 Å². The van der Waals surface area contributed by atoms with E-state index in [1.807, 2.05) is 42.5 Å². The number of hydrogen-bond donors (Lipinski definition) is 0. The maximum Gasteiger partial charge on any atom is 0.345 e. The Hall–Kier alpha value is -3.41. The lowest BCUT2D eigenvalue weighted by Gasteiger charge is -2.20. The molecule has 0 bridgehead atoms. The van der Waals surface area contributed by atoms with Crippen molar-refractivity contribution < 1.29 is 13.9 Å². The summed E-state index contributed by atoms with van der Waals surface area (Å²) >= 11 is 0. The molecule has 2 aromatic carbocycles. The molecule has 1 atom stereocenters. The van der Waals surface area contributed by atoms with Crippen LogP contribution in [-0.2, 0) is 4.79 Å².